The molecule has 0 bridgehead atoms. The van der Waals surface area contributed by atoms with E-state index in [1.165, 1.54) is 17.9 Å². The molecule has 0 spiro atoms. The Balaban J connectivity index is 1.60. The molecule has 1 aliphatic heterocycles. The van der Waals surface area contributed by atoms with Gasteiger partial charge in [-0.1, -0.05) is 12.1 Å². The predicted octanol–water partition coefficient (Wildman–Crippen LogP) is 0.969. The largest absolute Gasteiger partial charge is 0.480 e. The zero-order valence-electron chi connectivity index (χ0n) is 14.4. The van der Waals surface area contributed by atoms with Gasteiger partial charge in [-0.15, -0.1) is 0 Å². The number of hydrogen-bond donors (Lipinski definition) is 2. The van der Waals surface area contributed by atoms with Crippen molar-refractivity contribution in [2.24, 2.45) is 4.99 Å². The molecule has 1 aliphatic carbocycles. The van der Waals surface area contributed by atoms with Crippen molar-refractivity contribution in [1.82, 2.24) is 9.62 Å². The third kappa shape index (κ3) is 3.72. The van der Waals surface area contributed by atoms with Crippen LogP contribution in [0.15, 0.2) is 34.2 Å². The summed E-state index contributed by atoms with van der Waals surface area (Å²) >= 11 is 0. The fourth-order valence-corrected chi connectivity index (χ4v) is 4.26. The Kier molecular flexibility index (Phi) is 4.99. The number of rotatable bonds is 7. The highest BCUT2D eigenvalue weighted by molar-refractivity contribution is 7.90. The lowest BCUT2D eigenvalue weighted by molar-refractivity contribution is -0.150. The number of hydrogen-bond acceptors (Lipinski definition) is 5. The monoisotopic (exact) mass is 379 g/mol. The van der Waals surface area contributed by atoms with E-state index in [0.717, 1.165) is 12.8 Å². The van der Waals surface area contributed by atoms with Crippen LogP contribution in [-0.2, 0) is 19.6 Å². The second-order valence-electron chi connectivity index (χ2n) is 6.48. The second-order valence-corrected chi connectivity index (χ2v) is 8.13. The third-order valence-electron chi connectivity index (χ3n) is 4.48. The number of aliphatic carboxylic acids is 1. The maximum Gasteiger partial charge on any atom is 0.326 e. The molecule has 1 heterocycles. The number of sulfonamides is 1. The van der Waals surface area contributed by atoms with Gasteiger partial charge in [0.25, 0.3) is 10.0 Å². The van der Waals surface area contributed by atoms with Gasteiger partial charge >= 0.3 is 5.97 Å². The molecule has 26 heavy (non-hydrogen) atoms. The average Bonchev–Trinajstić information content (AvgIpc) is 3.38. The van der Waals surface area contributed by atoms with Crippen LogP contribution in [0.2, 0.25) is 0 Å². The van der Waals surface area contributed by atoms with Gasteiger partial charge in [0.2, 0.25) is 5.91 Å². The van der Waals surface area contributed by atoms with Crippen LogP contribution in [0.1, 0.15) is 38.2 Å². The Morgan fingerprint density at radius 1 is 1.35 bits per heavy atom. The first-order chi connectivity index (χ1) is 12.3. The van der Waals surface area contributed by atoms with Gasteiger partial charge in [-0.05, 0) is 38.3 Å². The number of nitrogens with one attached hydrogen (secondary N) is 1. The summed E-state index contributed by atoms with van der Waals surface area (Å²) in [6.45, 7) is 1.79. The molecule has 1 amide bonds. The van der Waals surface area contributed by atoms with Crippen molar-refractivity contribution in [2.45, 2.75) is 49.6 Å². The Hall–Kier alpha value is -2.42. The first-order valence-corrected chi connectivity index (χ1v) is 10.00. The Morgan fingerprint density at radius 2 is 2.04 bits per heavy atom. The van der Waals surface area contributed by atoms with Gasteiger partial charge in [0.15, 0.2) is 0 Å². The summed E-state index contributed by atoms with van der Waals surface area (Å²) in [5.41, 5.74) is 0.526. The molecule has 0 aromatic heterocycles. The van der Waals surface area contributed by atoms with Crippen LogP contribution >= 0.6 is 0 Å². The SMILES string of the molecule is CC(C(=O)O)N(C(=O)CCCN=C1NS(=O)(=O)c2ccccc21)C1CC1. The van der Waals surface area contributed by atoms with Crippen LogP contribution in [0.4, 0.5) is 0 Å². The zero-order chi connectivity index (χ0) is 18.9. The molecule has 9 heteroatoms. The maximum atomic E-state index is 12.4. The lowest BCUT2D eigenvalue weighted by atomic mass is 10.2. The van der Waals surface area contributed by atoms with Crippen molar-refractivity contribution in [3.8, 4) is 0 Å². The Bertz CT molecular complexity index is 861. The quantitative estimate of drug-likeness (QED) is 0.685. The number of carboxylic acids is 1. The summed E-state index contributed by atoms with van der Waals surface area (Å²) in [7, 11) is -3.57. The number of aliphatic imine (C=N–C) groups is 1. The van der Waals surface area contributed by atoms with Gasteiger partial charge in [-0.25, -0.2) is 13.2 Å². The van der Waals surface area contributed by atoms with E-state index in [9.17, 15) is 18.0 Å². The zero-order valence-corrected chi connectivity index (χ0v) is 15.2. The second kappa shape index (κ2) is 7.06. The number of carbonyl (C=O) groups excluding carboxylic acids is 1. The number of amidine groups is 1. The number of nitrogens with zero attached hydrogens (tertiary/aromatic N) is 2. The standard InChI is InChI=1S/C17H21N3O5S/c1-11(17(22)23)20(12-8-9-12)15(21)7-4-10-18-16-13-5-2-3-6-14(13)26(24,25)19-16/h2-3,5-6,11-12H,4,7-10H2,1H3,(H,18,19)(H,22,23). The molecular weight excluding hydrogens is 358 g/mol. The molecule has 2 N–H and O–H groups in total. The minimum Gasteiger partial charge on any atom is -0.480 e. The molecule has 3 rings (SSSR count). The molecule has 2 aliphatic rings. The fraction of sp³-hybridized carbons (Fsp3) is 0.471. The topological polar surface area (TPSA) is 116 Å². The van der Waals surface area contributed by atoms with Crippen LogP contribution < -0.4 is 4.72 Å². The highest BCUT2D eigenvalue weighted by atomic mass is 32.2. The van der Waals surface area contributed by atoms with Gasteiger partial charge in [0.05, 0.1) is 4.90 Å². The van der Waals surface area contributed by atoms with E-state index in [1.54, 1.807) is 18.2 Å². The van der Waals surface area contributed by atoms with Crippen LogP contribution in [0, 0.1) is 0 Å². The number of benzene rings is 1. The summed E-state index contributed by atoms with van der Waals surface area (Å²) in [6.07, 6.45) is 2.27. The molecule has 140 valence electrons. The van der Waals surface area contributed by atoms with Gasteiger partial charge in [0, 0.05) is 24.6 Å². The number of fused-ring (bicyclic) bond motifs is 1. The van der Waals surface area contributed by atoms with E-state index in [-0.39, 0.29) is 35.6 Å². The van der Waals surface area contributed by atoms with Crippen molar-refractivity contribution in [3.63, 3.8) is 0 Å². The molecule has 1 fully saturated rings. The van der Waals surface area contributed by atoms with Crippen molar-refractivity contribution < 1.29 is 23.1 Å². The van der Waals surface area contributed by atoms with E-state index >= 15 is 0 Å². The average molecular weight is 379 g/mol. The summed E-state index contributed by atoms with van der Waals surface area (Å²) in [6, 6.07) is 5.77. The number of amides is 1. The molecule has 1 unspecified atom stereocenters. The van der Waals surface area contributed by atoms with Gasteiger partial charge < -0.3 is 10.0 Å². The first-order valence-electron chi connectivity index (χ1n) is 8.52. The lowest BCUT2D eigenvalue weighted by Crippen LogP contribution is -2.44. The molecule has 0 radical (unpaired) electrons. The van der Waals surface area contributed by atoms with Crippen molar-refractivity contribution in [1.29, 1.82) is 0 Å². The normalized spacial score (nSPS) is 20.3. The van der Waals surface area contributed by atoms with Crippen LogP contribution in [-0.4, -0.2) is 54.8 Å². The number of carbonyl (C=O) groups is 2. The van der Waals surface area contributed by atoms with Gasteiger partial charge in [-0.3, -0.25) is 14.5 Å². The minimum atomic E-state index is -3.57. The summed E-state index contributed by atoms with van der Waals surface area (Å²) in [5.74, 6) is -0.927. The van der Waals surface area contributed by atoms with Crippen LogP contribution in [0.25, 0.3) is 0 Å². The van der Waals surface area contributed by atoms with E-state index in [0.29, 0.717) is 12.0 Å². The Morgan fingerprint density at radius 3 is 2.69 bits per heavy atom. The first kappa shape index (κ1) is 18.4. The van der Waals surface area contributed by atoms with Gasteiger partial charge in [0.1, 0.15) is 11.9 Å². The highest BCUT2D eigenvalue weighted by Crippen LogP contribution is 2.29. The highest BCUT2D eigenvalue weighted by Gasteiger charge is 2.38. The predicted molar refractivity (Wildman–Crippen MR) is 94.4 cm³/mol. The van der Waals surface area contributed by atoms with E-state index in [2.05, 4.69) is 9.71 Å². The van der Waals surface area contributed by atoms with E-state index < -0.39 is 22.0 Å². The molecule has 1 saturated carbocycles. The molecule has 1 atom stereocenters. The molecule has 1 aromatic carbocycles. The van der Waals surface area contributed by atoms with Gasteiger partial charge in [-0.2, -0.15) is 0 Å². The third-order valence-corrected chi connectivity index (χ3v) is 5.88. The summed E-state index contributed by atoms with van der Waals surface area (Å²) in [5, 5.41) is 9.15. The number of carboxylic acid groups (broad SMARTS) is 1. The van der Waals surface area contributed by atoms with E-state index in [4.69, 9.17) is 5.11 Å². The minimum absolute atomic E-state index is 0.0217. The summed E-state index contributed by atoms with van der Waals surface area (Å²) < 4.78 is 26.4. The van der Waals surface area contributed by atoms with Crippen LogP contribution in [0.5, 0.6) is 0 Å². The molecule has 8 nitrogen and oxygen atoms in total. The van der Waals surface area contributed by atoms with Crippen molar-refractivity contribution in [2.75, 3.05) is 6.54 Å². The van der Waals surface area contributed by atoms with E-state index in [1.807, 2.05) is 0 Å². The van der Waals surface area contributed by atoms with Crippen molar-refractivity contribution in [3.05, 3.63) is 29.8 Å². The molecule has 0 saturated heterocycles. The molecule has 1 aromatic rings. The maximum absolute atomic E-state index is 12.4. The molecular formula is C17H21N3O5S. The Labute approximate surface area is 152 Å². The summed E-state index contributed by atoms with van der Waals surface area (Å²) in [4.78, 5) is 29.5. The fourth-order valence-electron chi connectivity index (χ4n) is 3.01. The van der Waals surface area contributed by atoms with Crippen molar-refractivity contribution >= 4 is 27.7 Å². The lowest BCUT2D eigenvalue weighted by Gasteiger charge is -2.26. The van der Waals surface area contributed by atoms with Crippen LogP contribution in [0.3, 0.4) is 0 Å². The smallest absolute Gasteiger partial charge is 0.326 e.